The van der Waals surface area contributed by atoms with Crippen LogP contribution in [0.5, 0.6) is 0 Å². The molecule has 1 aliphatic carbocycles. The molecule has 0 radical (unpaired) electrons. The Morgan fingerprint density at radius 3 is 2.64 bits per heavy atom. The lowest BCUT2D eigenvalue weighted by Crippen LogP contribution is -2.46. The molecule has 3 rings (SSSR count). The lowest BCUT2D eigenvalue weighted by atomic mass is 10.1. The fourth-order valence-corrected chi connectivity index (χ4v) is 5.20. The smallest absolute Gasteiger partial charge is 0.191 e. The van der Waals surface area contributed by atoms with Gasteiger partial charge in [0.05, 0.1) is 11.5 Å². The number of nitrogens with zero attached hydrogens (tertiary/aromatic N) is 2. The number of guanidine groups is 1. The summed E-state index contributed by atoms with van der Waals surface area (Å²) in [4.78, 5) is 6.82. The summed E-state index contributed by atoms with van der Waals surface area (Å²) < 4.78 is 22.9. The predicted octanol–water partition coefficient (Wildman–Crippen LogP) is 0.441. The zero-order valence-electron chi connectivity index (χ0n) is 13.1. The number of likely N-dealkylation sites (tertiary alicyclic amines) is 1. The Morgan fingerprint density at radius 2 is 2.05 bits per heavy atom. The van der Waals surface area contributed by atoms with Crippen molar-refractivity contribution in [1.29, 1.82) is 0 Å². The molecule has 2 heterocycles. The highest BCUT2D eigenvalue weighted by Crippen LogP contribution is 2.29. The van der Waals surface area contributed by atoms with Crippen molar-refractivity contribution in [2.75, 3.05) is 38.2 Å². The van der Waals surface area contributed by atoms with Crippen LogP contribution in [0.1, 0.15) is 25.7 Å². The first-order valence-corrected chi connectivity index (χ1v) is 9.79. The van der Waals surface area contributed by atoms with E-state index in [-0.39, 0.29) is 29.9 Å². The Morgan fingerprint density at radius 1 is 1.27 bits per heavy atom. The molecule has 2 N–H and O–H groups in total. The number of halogens is 1. The van der Waals surface area contributed by atoms with Crippen molar-refractivity contribution >= 4 is 39.8 Å². The summed E-state index contributed by atoms with van der Waals surface area (Å²) >= 11 is 0. The van der Waals surface area contributed by atoms with Gasteiger partial charge in [-0.05, 0) is 31.6 Å². The van der Waals surface area contributed by atoms with Gasteiger partial charge >= 0.3 is 0 Å². The molecule has 0 bridgehead atoms. The molecule has 22 heavy (non-hydrogen) atoms. The average Bonchev–Trinajstić information content (AvgIpc) is 3.10. The van der Waals surface area contributed by atoms with E-state index in [4.69, 9.17) is 0 Å². The van der Waals surface area contributed by atoms with Gasteiger partial charge in [0.25, 0.3) is 0 Å². The van der Waals surface area contributed by atoms with Gasteiger partial charge in [-0.1, -0.05) is 0 Å². The van der Waals surface area contributed by atoms with E-state index >= 15 is 0 Å². The first-order chi connectivity index (χ1) is 10.1. The topological polar surface area (TPSA) is 73.8 Å². The third-order valence-corrected chi connectivity index (χ3v) is 6.57. The highest BCUT2D eigenvalue weighted by atomic mass is 127. The van der Waals surface area contributed by atoms with E-state index in [1.165, 1.54) is 19.4 Å². The third kappa shape index (κ3) is 4.95. The van der Waals surface area contributed by atoms with Crippen LogP contribution in [0.25, 0.3) is 0 Å². The summed E-state index contributed by atoms with van der Waals surface area (Å²) in [5.74, 6) is 1.68. The molecule has 2 atom stereocenters. The molecule has 0 aromatic carbocycles. The summed E-state index contributed by atoms with van der Waals surface area (Å²) in [6, 6.07) is 1.29. The molecule has 6 nitrogen and oxygen atoms in total. The standard InChI is InChI=1S/C14H26N4O2S.HI/c1-15-14(16-8-11-5-7-21(19,20)10-11)17-12-4-6-18(9-12)13-2-3-13;/h11-13H,2-10H2,1H3,(H2,15,16,17);1H. The Kier molecular flexibility index (Phi) is 6.35. The van der Waals surface area contributed by atoms with Crippen LogP contribution in [0.3, 0.4) is 0 Å². The molecule has 3 aliphatic rings. The second-order valence-corrected chi connectivity index (χ2v) is 8.81. The van der Waals surface area contributed by atoms with Crippen molar-refractivity contribution in [2.24, 2.45) is 10.9 Å². The molecule has 2 aliphatic heterocycles. The zero-order valence-corrected chi connectivity index (χ0v) is 16.3. The van der Waals surface area contributed by atoms with Crippen molar-refractivity contribution < 1.29 is 8.42 Å². The highest BCUT2D eigenvalue weighted by molar-refractivity contribution is 14.0. The molecule has 0 aromatic rings. The van der Waals surface area contributed by atoms with E-state index in [1.807, 2.05) is 0 Å². The molecular weight excluding hydrogens is 415 g/mol. The molecule has 0 spiro atoms. The summed E-state index contributed by atoms with van der Waals surface area (Å²) in [7, 11) is -1.02. The lowest BCUT2D eigenvalue weighted by Gasteiger charge is -2.19. The van der Waals surface area contributed by atoms with Crippen LogP contribution in [0.15, 0.2) is 4.99 Å². The van der Waals surface area contributed by atoms with Crippen LogP contribution in [0.2, 0.25) is 0 Å². The summed E-state index contributed by atoms with van der Waals surface area (Å²) in [6.07, 6.45) is 4.64. The molecule has 2 unspecified atom stereocenters. The Labute approximate surface area is 150 Å². The van der Waals surface area contributed by atoms with Gasteiger partial charge < -0.3 is 10.6 Å². The Hall–Kier alpha value is -0.0900. The number of sulfone groups is 1. The number of rotatable bonds is 4. The maximum absolute atomic E-state index is 11.5. The Balaban J connectivity index is 0.00000176. The van der Waals surface area contributed by atoms with Crippen molar-refractivity contribution in [3.63, 3.8) is 0 Å². The maximum atomic E-state index is 11.5. The van der Waals surface area contributed by atoms with Crippen LogP contribution in [0, 0.1) is 5.92 Å². The molecule has 8 heteroatoms. The predicted molar refractivity (Wildman–Crippen MR) is 99.7 cm³/mol. The number of hydrogen-bond donors (Lipinski definition) is 2. The van der Waals surface area contributed by atoms with Gasteiger partial charge in [-0.15, -0.1) is 24.0 Å². The van der Waals surface area contributed by atoms with Crippen molar-refractivity contribution in [2.45, 2.75) is 37.8 Å². The second kappa shape index (κ2) is 7.65. The van der Waals surface area contributed by atoms with Crippen LogP contribution in [0.4, 0.5) is 0 Å². The molecular formula is C14H27IN4O2S. The van der Waals surface area contributed by atoms with Gasteiger partial charge in [0.1, 0.15) is 0 Å². The minimum absolute atomic E-state index is 0. The van der Waals surface area contributed by atoms with Gasteiger partial charge in [-0.3, -0.25) is 9.89 Å². The van der Waals surface area contributed by atoms with Gasteiger partial charge in [-0.25, -0.2) is 8.42 Å². The monoisotopic (exact) mass is 442 g/mol. The molecule has 1 saturated carbocycles. The third-order valence-electron chi connectivity index (χ3n) is 4.73. The van der Waals surface area contributed by atoms with Gasteiger partial charge in [0, 0.05) is 38.8 Å². The first-order valence-electron chi connectivity index (χ1n) is 7.97. The van der Waals surface area contributed by atoms with Crippen LogP contribution in [-0.2, 0) is 9.84 Å². The van der Waals surface area contributed by atoms with Crippen LogP contribution >= 0.6 is 24.0 Å². The van der Waals surface area contributed by atoms with Crippen LogP contribution < -0.4 is 10.6 Å². The quantitative estimate of drug-likeness (QED) is 0.376. The maximum Gasteiger partial charge on any atom is 0.191 e. The molecule has 3 fully saturated rings. The average molecular weight is 442 g/mol. The second-order valence-electron chi connectivity index (χ2n) is 6.58. The molecule has 0 aromatic heterocycles. The lowest BCUT2D eigenvalue weighted by molar-refractivity contribution is 0.321. The number of hydrogen-bond acceptors (Lipinski definition) is 4. The summed E-state index contributed by atoms with van der Waals surface area (Å²) in [6.45, 7) is 2.97. The van der Waals surface area contributed by atoms with Gasteiger partial charge in [-0.2, -0.15) is 0 Å². The van der Waals surface area contributed by atoms with E-state index in [9.17, 15) is 8.42 Å². The van der Waals surface area contributed by atoms with Crippen molar-refractivity contribution in [3.8, 4) is 0 Å². The first kappa shape index (κ1) is 18.3. The SMILES string of the molecule is CN=C(NCC1CCS(=O)(=O)C1)NC1CCN(C2CC2)C1.I. The fourth-order valence-electron chi connectivity index (χ4n) is 3.34. The normalized spacial score (nSPS) is 31.8. The van der Waals surface area contributed by atoms with Crippen molar-refractivity contribution in [1.82, 2.24) is 15.5 Å². The molecule has 128 valence electrons. The number of aliphatic imine (C=N–C) groups is 1. The fraction of sp³-hybridized carbons (Fsp3) is 0.929. The van der Waals surface area contributed by atoms with E-state index in [0.717, 1.165) is 31.4 Å². The van der Waals surface area contributed by atoms with E-state index in [2.05, 4.69) is 20.5 Å². The largest absolute Gasteiger partial charge is 0.356 e. The Bertz CT molecular complexity index is 507. The number of nitrogens with one attached hydrogen (secondary N) is 2. The summed E-state index contributed by atoms with van der Waals surface area (Å²) in [5, 5.41) is 6.76. The molecule has 2 saturated heterocycles. The minimum Gasteiger partial charge on any atom is -0.356 e. The van der Waals surface area contributed by atoms with Gasteiger partial charge in [0.15, 0.2) is 15.8 Å². The van der Waals surface area contributed by atoms with Crippen LogP contribution in [-0.4, -0.2) is 69.5 Å². The van der Waals surface area contributed by atoms with E-state index in [1.54, 1.807) is 7.05 Å². The van der Waals surface area contributed by atoms with E-state index in [0.29, 0.717) is 24.1 Å². The van der Waals surface area contributed by atoms with E-state index < -0.39 is 9.84 Å². The summed E-state index contributed by atoms with van der Waals surface area (Å²) in [5.41, 5.74) is 0. The molecule has 0 amide bonds. The van der Waals surface area contributed by atoms with Crippen molar-refractivity contribution in [3.05, 3.63) is 0 Å². The van der Waals surface area contributed by atoms with Gasteiger partial charge in [0.2, 0.25) is 0 Å². The highest BCUT2D eigenvalue weighted by Gasteiger charge is 2.34. The zero-order chi connectivity index (χ0) is 14.9. The minimum atomic E-state index is -2.79.